The number of aryl methyl sites for hydroxylation is 2. The van der Waals surface area contributed by atoms with E-state index in [-0.39, 0.29) is 16.8 Å². The van der Waals surface area contributed by atoms with Crippen LogP contribution in [0.2, 0.25) is 0 Å². The lowest BCUT2D eigenvalue weighted by atomic mass is 10.2. The van der Waals surface area contributed by atoms with Gasteiger partial charge in [0.1, 0.15) is 0 Å². The maximum atomic E-state index is 13.0. The molecule has 1 N–H and O–H groups in total. The molecule has 0 aliphatic carbocycles. The molecule has 0 unspecified atom stereocenters. The van der Waals surface area contributed by atoms with Gasteiger partial charge in [0.15, 0.2) is 0 Å². The summed E-state index contributed by atoms with van der Waals surface area (Å²) >= 11 is 0. The Balaban J connectivity index is 1.91. The molecule has 0 saturated heterocycles. The van der Waals surface area contributed by atoms with Gasteiger partial charge in [0.25, 0.3) is 0 Å². The average Bonchev–Trinajstić information content (AvgIpc) is 3.20. The molecule has 0 atom stereocenters. The highest BCUT2D eigenvalue weighted by atomic mass is 32.2. The Hall–Kier alpha value is -2.45. The molecule has 2 aromatic heterocycles. The zero-order valence-electron chi connectivity index (χ0n) is 18.4. The molecule has 7 nitrogen and oxygen atoms in total. The second-order valence-corrected chi connectivity index (χ2v) is 10.3. The Morgan fingerprint density at radius 2 is 1.83 bits per heavy atom. The first-order chi connectivity index (χ1) is 14.2. The summed E-state index contributed by atoms with van der Waals surface area (Å²) in [6.45, 7) is 9.60. The second-order valence-electron chi connectivity index (χ2n) is 8.36. The summed E-state index contributed by atoms with van der Waals surface area (Å²) in [6, 6.07) is 9.89. The molecule has 0 fully saturated rings. The van der Waals surface area contributed by atoms with Gasteiger partial charge < -0.3 is 4.57 Å². The Morgan fingerprint density at radius 3 is 2.43 bits per heavy atom. The van der Waals surface area contributed by atoms with Gasteiger partial charge in [-0.05, 0) is 32.4 Å². The third kappa shape index (κ3) is 5.17. The normalized spacial score (nSPS) is 12.2. The van der Waals surface area contributed by atoms with Gasteiger partial charge in [0.05, 0.1) is 29.9 Å². The van der Waals surface area contributed by atoms with Crippen molar-refractivity contribution in [3.63, 3.8) is 0 Å². The summed E-state index contributed by atoms with van der Waals surface area (Å²) in [6.07, 6.45) is 1.70. The fraction of sp³-hybridized carbons (Fsp3) is 0.455. The Labute approximate surface area is 179 Å². The third-order valence-electron chi connectivity index (χ3n) is 5.06. The van der Waals surface area contributed by atoms with Crippen LogP contribution < -0.4 is 0 Å². The van der Waals surface area contributed by atoms with Crippen LogP contribution in [0.25, 0.3) is 0 Å². The van der Waals surface area contributed by atoms with Crippen LogP contribution in [0.1, 0.15) is 42.1 Å². The van der Waals surface area contributed by atoms with E-state index in [1.54, 1.807) is 6.20 Å². The number of aromatic nitrogens is 4. The van der Waals surface area contributed by atoms with Crippen molar-refractivity contribution in [1.82, 2.24) is 24.6 Å². The minimum Gasteiger partial charge on any atom is -0.313 e. The van der Waals surface area contributed by atoms with Crippen molar-refractivity contribution < 1.29 is 8.42 Å². The van der Waals surface area contributed by atoms with Crippen LogP contribution >= 0.6 is 0 Å². The minimum atomic E-state index is -3.47. The van der Waals surface area contributed by atoms with Crippen LogP contribution in [0.15, 0.2) is 41.7 Å². The van der Waals surface area contributed by atoms with Crippen LogP contribution in [0.5, 0.6) is 0 Å². The second kappa shape index (κ2) is 9.14. The van der Waals surface area contributed by atoms with Crippen molar-refractivity contribution in [2.45, 2.75) is 52.5 Å². The van der Waals surface area contributed by atoms with Gasteiger partial charge in [-0.3, -0.25) is 10.00 Å². The maximum absolute atomic E-state index is 13.0. The van der Waals surface area contributed by atoms with Crippen molar-refractivity contribution in [1.29, 1.82) is 0 Å². The third-order valence-corrected chi connectivity index (χ3v) is 7.04. The van der Waals surface area contributed by atoms with Crippen LogP contribution in [-0.2, 0) is 29.5 Å². The molecule has 2 heterocycles. The van der Waals surface area contributed by atoms with Gasteiger partial charge in [0, 0.05) is 24.3 Å². The lowest BCUT2D eigenvalue weighted by Crippen LogP contribution is -2.23. The van der Waals surface area contributed by atoms with E-state index < -0.39 is 9.84 Å². The Bertz CT molecular complexity index is 1060. The summed E-state index contributed by atoms with van der Waals surface area (Å²) in [5.41, 5.74) is 5.12. The topological polar surface area (TPSA) is 83.9 Å². The minimum absolute atomic E-state index is 0.0371. The lowest BCUT2D eigenvalue weighted by molar-refractivity contribution is 0.307. The number of rotatable bonds is 9. The number of sulfone groups is 1. The highest BCUT2D eigenvalue weighted by Crippen LogP contribution is 2.20. The van der Waals surface area contributed by atoms with Gasteiger partial charge in [-0.25, -0.2) is 13.4 Å². The van der Waals surface area contributed by atoms with Gasteiger partial charge in [0.2, 0.25) is 15.0 Å². The molecule has 8 heteroatoms. The molecule has 0 aliphatic heterocycles. The van der Waals surface area contributed by atoms with E-state index in [2.05, 4.69) is 20.1 Å². The first-order valence-corrected chi connectivity index (χ1v) is 11.8. The molecule has 0 radical (unpaired) electrons. The molecule has 0 saturated carbocycles. The van der Waals surface area contributed by atoms with Crippen LogP contribution in [0.3, 0.4) is 0 Å². The molecule has 3 aromatic rings. The summed E-state index contributed by atoms with van der Waals surface area (Å²) in [4.78, 5) is 6.51. The monoisotopic (exact) mass is 429 g/mol. The number of aromatic amines is 1. The molecule has 0 spiro atoms. The largest absolute Gasteiger partial charge is 0.313 e. The van der Waals surface area contributed by atoms with E-state index in [9.17, 15) is 8.42 Å². The predicted molar refractivity (Wildman–Crippen MR) is 118 cm³/mol. The first kappa shape index (κ1) is 22.2. The molecule has 30 heavy (non-hydrogen) atoms. The van der Waals surface area contributed by atoms with E-state index in [0.717, 1.165) is 29.2 Å². The van der Waals surface area contributed by atoms with Crippen LogP contribution in [0, 0.1) is 19.8 Å². The average molecular weight is 430 g/mol. The van der Waals surface area contributed by atoms with Crippen molar-refractivity contribution in [2.75, 3.05) is 12.8 Å². The molecule has 3 rings (SSSR count). The SMILES string of the molecule is Cc1n[nH]c(C)c1CN(C)Cc1cnc(S(=O)(=O)CC(C)C)n1Cc1ccccc1. The number of benzene rings is 1. The molecular weight excluding hydrogens is 398 g/mol. The van der Waals surface area contributed by atoms with E-state index in [4.69, 9.17) is 0 Å². The Morgan fingerprint density at radius 1 is 1.13 bits per heavy atom. The van der Waals surface area contributed by atoms with Gasteiger partial charge in [-0.1, -0.05) is 44.2 Å². The smallest absolute Gasteiger partial charge is 0.228 e. The highest BCUT2D eigenvalue weighted by Gasteiger charge is 2.25. The standard InChI is InChI=1S/C22H31N5O2S/c1-16(2)15-30(28,29)22-23-11-20(27(22)12-19-9-7-6-8-10-19)13-26(5)14-21-17(3)24-25-18(21)4/h6-11,16H,12-15H2,1-5H3,(H,24,25). The predicted octanol–water partition coefficient (Wildman–Crippen LogP) is 3.33. The fourth-order valence-electron chi connectivity index (χ4n) is 3.62. The lowest BCUT2D eigenvalue weighted by Gasteiger charge is -2.19. The van der Waals surface area contributed by atoms with Crippen molar-refractivity contribution >= 4 is 9.84 Å². The van der Waals surface area contributed by atoms with Gasteiger partial charge in [-0.2, -0.15) is 5.10 Å². The summed E-state index contributed by atoms with van der Waals surface area (Å²) in [5.74, 6) is 0.122. The van der Waals surface area contributed by atoms with Gasteiger partial charge >= 0.3 is 0 Å². The summed E-state index contributed by atoms with van der Waals surface area (Å²) in [5, 5.41) is 7.44. The van der Waals surface area contributed by atoms with E-state index >= 15 is 0 Å². The van der Waals surface area contributed by atoms with Crippen molar-refractivity contribution in [3.8, 4) is 0 Å². The van der Waals surface area contributed by atoms with Crippen molar-refractivity contribution in [3.05, 3.63) is 64.7 Å². The van der Waals surface area contributed by atoms with E-state index in [0.29, 0.717) is 13.1 Å². The molecule has 0 bridgehead atoms. The summed E-state index contributed by atoms with van der Waals surface area (Å²) in [7, 11) is -1.45. The van der Waals surface area contributed by atoms with E-state index in [1.807, 2.05) is 69.6 Å². The number of nitrogens with zero attached hydrogens (tertiary/aromatic N) is 4. The molecular formula is C22H31N5O2S. The highest BCUT2D eigenvalue weighted by molar-refractivity contribution is 7.91. The molecule has 162 valence electrons. The quantitative estimate of drug-likeness (QED) is 0.564. The first-order valence-electron chi connectivity index (χ1n) is 10.2. The van der Waals surface area contributed by atoms with Crippen LogP contribution in [0.4, 0.5) is 0 Å². The van der Waals surface area contributed by atoms with Crippen LogP contribution in [-0.4, -0.2) is 45.9 Å². The molecule has 0 aliphatic rings. The molecule has 1 aromatic carbocycles. The zero-order valence-corrected chi connectivity index (χ0v) is 19.2. The van der Waals surface area contributed by atoms with Gasteiger partial charge in [-0.15, -0.1) is 0 Å². The summed E-state index contributed by atoms with van der Waals surface area (Å²) < 4.78 is 27.8. The number of hydrogen-bond acceptors (Lipinski definition) is 5. The number of hydrogen-bond donors (Lipinski definition) is 1. The number of H-pyrrole nitrogens is 1. The number of nitrogens with one attached hydrogen (secondary N) is 1. The Kier molecular flexibility index (Phi) is 6.77. The molecule has 0 amide bonds. The van der Waals surface area contributed by atoms with Crippen molar-refractivity contribution in [2.24, 2.45) is 5.92 Å². The fourth-order valence-corrected chi connectivity index (χ4v) is 5.38. The number of imidazole rings is 1. The van der Waals surface area contributed by atoms with E-state index in [1.165, 1.54) is 5.56 Å². The zero-order chi connectivity index (χ0) is 21.9. The maximum Gasteiger partial charge on any atom is 0.228 e.